The highest BCUT2D eigenvalue weighted by atomic mass is 16.6. The van der Waals surface area contributed by atoms with Gasteiger partial charge in [-0.25, -0.2) is 4.98 Å². The number of rotatable bonds is 3. The van der Waals surface area contributed by atoms with Crippen molar-refractivity contribution in [1.82, 2.24) is 9.97 Å². The number of hydrogen-bond acceptors (Lipinski definition) is 4. The Hall–Kier alpha value is -2.89. The number of non-ortho nitro benzene ring substituents is 1. The molecule has 6 heteroatoms. The molecule has 0 aliphatic heterocycles. The first-order chi connectivity index (χ1) is 9.22. The second-order valence-corrected chi connectivity index (χ2v) is 3.93. The van der Waals surface area contributed by atoms with Gasteiger partial charge in [0.2, 0.25) is 0 Å². The van der Waals surface area contributed by atoms with Gasteiger partial charge in [-0.3, -0.25) is 10.1 Å². The van der Waals surface area contributed by atoms with Crippen LogP contribution in [0.2, 0.25) is 0 Å². The van der Waals surface area contributed by atoms with Gasteiger partial charge in [0.05, 0.1) is 22.2 Å². The average molecular weight is 255 g/mol. The first-order valence-electron chi connectivity index (χ1n) is 5.58. The number of H-pyrrole nitrogens is 1. The lowest BCUT2D eigenvalue weighted by Crippen LogP contribution is -1.86. The Balaban J connectivity index is 1.95. The number of nitro groups is 1. The quantitative estimate of drug-likeness (QED) is 0.575. The molecule has 0 bridgehead atoms. The Morgan fingerprint density at radius 3 is 2.95 bits per heavy atom. The normalized spacial score (nSPS) is 11.4. The predicted octanol–water partition coefficient (Wildman–Crippen LogP) is 3.23. The van der Waals surface area contributed by atoms with Crippen molar-refractivity contribution in [3.63, 3.8) is 0 Å². The van der Waals surface area contributed by atoms with E-state index in [1.807, 2.05) is 6.07 Å². The predicted molar refractivity (Wildman–Crippen MR) is 70.4 cm³/mol. The molecule has 1 N–H and O–H groups in total. The van der Waals surface area contributed by atoms with Crippen molar-refractivity contribution in [2.75, 3.05) is 0 Å². The van der Waals surface area contributed by atoms with Gasteiger partial charge in [0.15, 0.2) is 0 Å². The Labute approximate surface area is 107 Å². The molecule has 0 atom stereocenters. The summed E-state index contributed by atoms with van der Waals surface area (Å²) in [5, 5.41) is 10.7. The molecule has 6 nitrogen and oxygen atoms in total. The molecule has 0 aliphatic rings. The highest BCUT2D eigenvalue weighted by molar-refractivity contribution is 5.80. The fourth-order valence-electron chi connectivity index (χ4n) is 1.76. The van der Waals surface area contributed by atoms with Crippen LogP contribution in [0.4, 0.5) is 5.69 Å². The van der Waals surface area contributed by atoms with Crippen LogP contribution < -0.4 is 0 Å². The van der Waals surface area contributed by atoms with E-state index in [1.54, 1.807) is 30.5 Å². The van der Waals surface area contributed by atoms with E-state index >= 15 is 0 Å². The zero-order chi connectivity index (χ0) is 13.2. The molecule has 3 aromatic rings. The van der Waals surface area contributed by atoms with Gasteiger partial charge in [-0.1, -0.05) is 0 Å². The molecule has 2 heterocycles. The Morgan fingerprint density at radius 1 is 1.32 bits per heavy atom. The molecule has 19 heavy (non-hydrogen) atoms. The largest absolute Gasteiger partial charge is 0.465 e. The minimum Gasteiger partial charge on any atom is -0.465 e. The molecule has 2 aromatic heterocycles. The number of nitrogens with one attached hydrogen (secondary N) is 1. The van der Waals surface area contributed by atoms with E-state index in [2.05, 4.69) is 9.97 Å². The second-order valence-electron chi connectivity index (χ2n) is 3.93. The Kier molecular flexibility index (Phi) is 2.60. The van der Waals surface area contributed by atoms with E-state index in [0.29, 0.717) is 22.6 Å². The summed E-state index contributed by atoms with van der Waals surface area (Å²) in [4.78, 5) is 17.6. The van der Waals surface area contributed by atoms with E-state index < -0.39 is 4.92 Å². The summed E-state index contributed by atoms with van der Waals surface area (Å²) in [5.41, 5.74) is 1.36. The molecule has 0 amide bonds. The van der Waals surface area contributed by atoms with Gasteiger partial charge in [0, 0.05) is 12.1 Å². The lowest BCUT2D eigenvalue weighted by Gasteiger charge is -1.89. The summed E-state index contributed by atoms with van der Waals surface area (Å²) in [7, 11) is 0. The fraction of sp³-hybridized carbons (Fsp3) is 0. The van der Waals surface area contributed by atoms with Gasteiger partial charge in [-0.05, 0) is 30.4 Å². The van der Waals surface area contributed by atoms with Crippen molar-refractivity contribution in [3.8, 4) is 0 Å². The first kappa shape index (κ1) is 11.2. The van der Waals surface area contributed by atoms with Gasteiger partial charge in [0.1, 0.15) is 11.6 Å². The zero-order valence-electron chi connectivity index (χ0n) is 9.74. The van der Waals surface area contributed by atoms with E-state index in [1.165, 1.54) is 12.1 Å². The van der Waals surface area contributed by atoms with Crippen LogP contribution in [0.25, 0.3) is 23.2 Å². The van der Waals surface area contributed by atoms with Gasteiger partial charge in [-0.2, -0.15) is 0 Å². The molecule has 1 aromatic carbocycles. The Morgan fingerprint density at radius 2 is 2.21 bits per heavy atom. The van der Waals surface area contributed by atoms with E-state index in [4.69, 9.17) is 4.42 Å². The van der Waals surface area contributed by atoms with Crippen molar-refractivity contribution >= 4 is 28.9 Å². The molecular weight excluding hydrogens is 246 g/mol. The monoisotopic (exact) mass is 255 g/mol. The van der Waals surface area contributed by atoms with Crippen LogP contribution in [0.3, 0.4) is 0 Å². The lowest BCUT2D eigenvalue weighted by atomic mass is 10.3. The van der Waals surface area contributed by atoms with Crippen molar-refractivity contribution in [2.45, 2.75) is 0 Å². The van der Waals surface area contributed by atoms with Crippen LogP contribution in [0, 0.1) is 10.1 Å². The van der Waals surface area contributed by atoms with Crippen LogP contribution in [0.5, 0.6) is 0 Å². The molecule has 0 fully saturated rings. The second kappa shape index (κ2) is 4.41. The Bertz CT molecular complexity index is 757. The van der Waals surface area contributed by atoms with Crippen LogP contribution in [0.1, 0.15) is 11.6 Å². The third kappa shape index (κ3) is 2.23. The smallest absolute Gasteiger partial charge is 0.271 e. The summed E-state index contributed by atoms with van der Waals surface area (Å²) in [6.45, 7) is 0. The van der Waals surface area contributed by atoms with Crippen LogP contribution >= 0.6 is 0 Å². The summed E-state index contributed by atoms with van der Waals surface area (Å²) in [6, 6.07) is 8.13. The first-order valence-corrected chi connectivity index (χ1v) is 5.58. The molecule has 94 valence electrons. The maximum Gasteiger partial charge on any atom is 0.271 e. The molecule has 0 saturated carbocycles. The van der Waals surface area contributed by atoms with Gasteiger partial charge < -0.3 is 9.40 Å². The van der Waals surface area contributed by atoms with Crippen molar-refractivity contribution in [2.24, 2.45) is 0 Å². The minimum absolute atomic E-state index is 0.0396. The summed E-state index contributed by atoms with van der Waals surface area (Å²) >= 11 is 0. The molecule has 0 radical (unpaired) electrons. The van der Waals surface area contributed by atoms with Crippen LogP contribution in [-0.2, 0) is 0 Å². The topological polar surface area (TPSA) is 85.0 Å². The van der Waals surface area contributed by atoms with E-state index in [-0.39, 0.29) is 5.69 Å². The van der Waals surface area contributed by atoms with Crippen LogP contribution in [0.15, 0.2) is 41.0 Å². The van der Waals surface area contributed by atoms with Crippen molar-refractivity contribution < 1.29 is 9.34 Å². The number of nitrogens with zero attached hydrogens (tertiary/aromatic N) is 2. The molecule has 0 aliphatic carbocycles. The van der Waals surface area contributed by atoms with Crippen LogP contribution in [-0.4, -0.2) is 14.9 Å². The van der Waals surface area contributed by atoms with Gasteiger partial charge in [0.25, 0.3) is 5.69 Å². The number of aromatic amines is 1. The van der Waals surface area contributed by atoms with Gasteiger partial charge >= 0.3 is 0 Å². The SMILES string of the molecule is O=[N+]([O-])c1ccc2nc(C=Cc3ccco3)[nH]c2c1. The van der Waals surface area contributed by atoms with Crippen molar-refractivity contribution in [1.29, 1.82) is 0 Å². The summed E-state index contributed by atoms with van der Waals surface area (Å²) in [6.07, 6.45) is 5.11. The maximum absolute atomic E-state index is 10.7. The summed E-state index contributed by atoms with van der Waals surface area (Å²) < 4.78 is 5.16. The third-order valence-corrected chi connectivity index (χ3v) is 2.64. The summed E-state index contributed by atoms with van der Waals surface area (Å²) in [5.74, 6) is 1.33. The fourth-order valence-corrected chi connectivity index (χ4v) is 1.76. The van der Waals surface area contributed by atoms with E-state index in [0.717, 1.165) is 0 Å². The average Bonchev–Trinajstić information content (AvgIpc) is 3.04. The molecule has 3 rings (SSSR count). The highest BCUT2D eigenvalue weighted by Crippen LogP contribution is 2.19. The van der Waals surface area contributed by atoms with E-state index in [9.17, 15) is 10.1 Å². The molecular formula is C13H9N3O3. The molecule has 0 unspecified atom stereocenters. The number of fused-ring (bicyclic) bond motifs is 1. The number of nitro benzene ring substituents is 1. The molecule has 0 saturated heterocycles. The third-order valence-electron chi connectivity index (χ3n) is 2.64. The standard InChI is InChI=1S/C13H9N3O3/c17-16(18)9-3-5-11-12(8-9)15-13(14-11)6-4-10-2-1-7-19-10/h1-8H,(H,14,15). The number of imidazole rings is 1. The maximum atomic E-state index is 10.7. The highest BCUT2D eigenvalue weighted by Gasteiger charge is 2.08. The molecule has 0 spiro atoms. The number of furan rings is 1. The minimum atomic E-state index is -0.432. The lowest BCUT2D eigenvalue weighted by molar-refractivity contribution is -0.384. The number of aromatic nitrogens is 2. The van der Waals surface area contributed by atoms with Crippen molar-refractivity contribution in [3.05, 3.63) is 58.3 Å². The zero-order valence-corrected chi connectivity index (χ0v) is 9.74. The van der Waals surface area contributed by atoms with Gasteiger partial charge in [-0.15, -0.1) is 0 Å². The number of hydrogen-bond donors (Lipinski definition) is 1. The number of benzene rings is 1.